The van der Waals surface area contributed by atoms with Gasteiger partial charge >= 0.3 is 0 Å². The molecule has 0 spiro atoms. The fraction of sp³-hybridized carbons (Fsp3) is 0.143. The van der Waals surface area contributed by atoms with Gasteiger partial charge in [0.15, 0.2) is 0 Å². The van der Waals surface area contributed by atoms with Crippen LogP contribution in [0.2, 0.25) is 0 Å². The Morgan fingerprint density at radius 2 is 2.21 bits per heavy atom. The molecule has 1 aromatic rings. The summed E-state index contributed by atoms with van der Waals surface area (Å²) in [6, 6.07) is 1.24. The van der Waals surface area contributed by atoms with Crippen LogP contribution in [0.15, 0.2) is 10.5 Å². The Labute approximate surface area is 105 Å². The largest absolute Gasteiger partial charge is 0.281 e. The van der Waals surface area contributed by atoms with Crippen LogP contribution < -0.4 is 0 Å². The van der Waals surface area contributed by atoms with E-state index in [0.29, 0.717) is 8.17 Å². The van der Waals surface area contributed by atoms with Gasteiger partial charge in [-0.05, 0) is 56.2 Å². The average Bonchev–Trinajstić information content (AvgIpc) is 2.08. The van der Waals surface area contributed by atoms with E-state index in [1.54, 1.807) is 22.6 Å². The van der Waals surface area contributed by atoms with E-state index in [0.717, 1.165) is 0 Å². The van der Waals surface area contributed by atoms with Gasteiger partial charge in [-0.15, -0.1) is 0 Å². The summed E-state index contributed by atoms with van der Waals surface area (Å²) in [6.07, 6.45) is -2.81. The van der Waals surface area contributed by atoms with Gasteiger partial charge in [0.1, 0.15) is 9.39 Å². The van der Waals surface area contributed by atoms with Crippen molar-refractivity contribution in [3.8, 4) is 0 Å². The summed E-state index contributed by atoms with van der Waals surface area (Å²) in [6.45, 7) is 0. The summed E-state index contributed by atoms with van der Waals surface area (Å²) in [5.74, 6) is 0. The average molecular weight is 396 g/mol. The van der Waals surface area contributed by atoms with E-state index < -0.39 is 17.4 Å². The van der Waals surface area contributed by atoms with E-state index in [-0.39, 0.29) is 5.56 Å². The lowest BCUT2D eigenvalue weighted by Gasteiger charge is -2.05. The van der Waals surface area contributed by atoms with Crippen LogP contribution in [0.5, 0.6) is 0 Å². The Morgan fingerprint density at radius 1 is 1.64 bits per heavy atom. The minimum atomic E-state index is -2.81. The standard InChI is InChI=1S/C7H2BrClF2INO/c8-3-1-2(5(9)14)4(6(10)11)13-7(3)12/h1,6H. The molecule has 2 nitrogen and oxygen atoms in total. The highest BCUT2D eigenvalue weighted by Gasteiger charge is 2.20. The molecule has 0 N–H and O–H groups in total. The SMILES string of the molecule is O=C(Cl)c1cc(Br)c(I)nc1C(F)F. The van der Waals surface area contributed by atoms with Crippen molar-refractivity contribution in [3.63, 3.8) is 0 Å². The van der Waals surface area contributed by atoms with Gasteiger partial charge in [-0.2, -0.15) is 0 Å². The highest BCUT2D eigenvalue weighted by Crippen LogP contribution is 2.27. The Bertz CT molecular complexity index is 388. The van der Waals surface area contributed by atoms with Crippen molar-refractivity contribution < 1.29 is 13.6 Å². The Kier molecular flexibility index (Phi) is 4.20. The van der Waals surface area contributed by atoms with Crippen molar-refractivity contribution in [1.29, 1.82) is 0 Å². The zero-order valence-electron chi connectivity index (χ0n) is 6.40. The predicted molar refractivity (Wildman–Crippen MR) is 59.8 cm³/mol. The molecule has 1 aromatic heterocycles. The number of carbonyl (C=O) groups is 1. The molecule has 0 unspecified atom stereocenters. The first-order valence-corrected chi connectivity index (χ1v) is 5.52. The van der Waals surface area contributed by atoms with Crippen LogP contribution in [0.25, 0.3) is 0 Å². The highest BCUT2D eigenvalue weighted by molar-refractivity contribution is 14.1. The molecule has 1 heterocycles. The molecule has 76 valence electrons. The molecule has 0 atom stereocenters. The molecule has 0 radical (unpaired) electrons. The molecule has 0 bridgehead atoms. The number of rotatable bonds is 2. The Hall–Kier alpha value is 0.180. The van der Waals surface area contributed by atoms with Crippen molar-refractivity contribution in [2.24, 2.45) is 0 Å². The van der Waals surface area contributed by atoms with Crippen molar-refractivity contribution in [3.05, 3.63) is 25.5 Å². The smallest absolute Gasteiger partial charge is 0.276 e. The van der Waals surface area contributed by atoms with E-state index >= 15 is 0 Å². The minimum absolute atomic E-state index is 0.269. The summed E-state index contributed by atoms with van der Waals surface area (Å²) in [5, 5.41) is -0.940. The van der Waals surface area contributed by atoms with Gasteiger partial charge in [0.05, 0.1) is 10.0 Å². The molecule has 0 aromatic carbocycles. The first-order valence-electron chi connectivity index (χ1n) is 3.27. The van der Waals surface area contributed by atoms with E-state index in [1.165, 1.54) is 6.07 Å². The number of halogens is 5. The predicted octanol–water partition coefficient (Wildman–Crippen LogP) is 3.77. The topological polar surface area (TPSA) is 30.0 Å². The second-order valence-electron chi connectivity index (χ2n) is 2.27. The molecule has 0 aliphatic rings. The van der Waals surface area contributed by atoms with Gasteiger partial charge in [-0.25, -0.2) is 13.8 Å². The third kappa shape index (κ3) is 2.60. The van der Waals surface area contributed by atoms with Crippen molar-refractivity contribution in [2.45, 2.75) is 6.43 Å². The van der Waals surface area contributed by atoms with Gasteiger partial charge in [-0.3, -0.25) is 4.79 Å². The summed E-state index contributed by atoms with van der Waals surface area (Å²) in [4.78, 5) is 14.4. The maximum atomic E-state index is 12.4. The van der Waals surface area contributed by atoms with Gasteiger partial charge in [0.2, 0.25) is 0 Å². The van der Waals surface area contributed by atoms with Crippen LogP contribution in [0.3, 0.4) is 0 Å². The monoisotopic (exact) mass is 395 g/mol. The molecule has 0 amide bonds. The van der Waals surface area contributed by atoms with Gasteiger partial charge < -0.3 is 0 Å². The number of hydrogen-bond donors (Lipinski definition) is 0. The molecule has 0 saturated heterocycles. The lowest BCUT2D eigenvalue weighted by atomic mass is 10.2. The van der Waals surface area contributed by atoms with Crippen molar-refractivity contribution >= 4 is 55.4 Å². The van der Waals surface area contributed by atoms with Gasteiger partial charge in [-0.1, -0.05) is 0 Å². The lowest BCUT2D eigenvalue weighted by molar-refractivity contribution is 0.106. The second kappa shape index (κ2) is 4.80. The summed E-state index contributed by atoms with van der Waals surface area (Å²) >= 11 is 9.99. The van der Waals surface area contributed by atoms with Crippen LogP contribution >= 0.6 is 50.1 Å². The molecule has 1 rings (SSSR count). The fourth-order valence-corrected chi connectivity index (χ4v) is 1.69. The van der Waals surface area contributed by atoms with Crippen LogP contribution in [-0.4, -0.2) is 10.2 Å². The molecule has 0 fully saturated rings. The van der Waals surface area contributed by atoms with E-state index in [2.05, 4.69) is 20.9 Å². The normalized spacial score (nSPS) is 10.7. The van der Waals surface area contributed by atoms with Crippen LogP contribution in [-0.2, 0) is 0 Å². The molecular weight excluding hydrogens is 394 g/mol. The maximum absolute atomic E-state index is 12.4. The fourth-order valence-electron chi connectivity index (χ4n) is 0.803. The zero-order valence-corrected chi connectivity index (χ0v) is 10.9. The van der Waals surface area contributed by atoms with E-state index in [1.807, 2.05) is 0 Å². The number of pyridine rings is 1. The van der Waals surface area contributed by atoms with Crippen LogP contribution in [0, 0.1) is 3.70 Å². The minimum Gasteiger partial charge on any atom is -0.276 e. The molecule has 14 heavy (non-hydrogen) atoms. The Morgan fingerprint density at radius 3 is 2.64 bits per heavy atom. The van der Waals surface area contributed by atoms with Gasteiger partial charge in [0, 0.05) is 0 Å². The Balaban J connectivity index is 3.39. The van der Waals surface area contributed by atoms with Gasteiger partial charge in [0.25, 0.3) is 11.7 Å². The summed E-state index contributed by atoms with van der Waals surface area (Å²) in [5.41, 5.74) is -0.855. The third-order valence-electron chi connectivity index (χ3n) is 1.38. The first kappa shape index (κ1) is 12.3. The number of nitrogens with zero attached hydrogens (tertiary/aromatic N) is 1. The quantitative estimate of drug-likeness (QED) is 0.433. The number of carbonyl (C=O) groups excluding carboxylic acids is 1. The molecule has 0 aliphatic heterocycles. The molecule has 7 heteroatoms. The van der Waals surface area contributed by atoms with Crippen LogP contribution in [0.4, 0.5) is 8.78 Å². The second-order valence-corrected chi connectivity index (χ2v) is 4.49. The number of aromatic nitrogens is 1. The maximum Gasteiger partial charge on any atom is 0.281 e. The highest BCUT2D eigenvalue weighted by atomic mass is 127. The van der Waals surface area contributed by atoms with Crippen molar-refractivity contribution in [1.82, 2.24) is 4.98 Å². The van der Waals surface area contributed by atoms with Crippen LogP contribution in [0.1, 0.15) is 22.5 Å². The third-order valence-corrected chi connectivity index (χ3v) is 3.75. The lowest BCUT2D eigenvalue weighted by Crippen LogP contribution is -2.03. The number of alkyl halides is 2. The van der Waals surface area contributed by atoms with Crippen molar-refractivity contribution in [2.75, 3.05) is 0 Å². The summed E-state index contributed by atoms with van der Waals surface area (Å²) < 4.78 is 25.6. The summed E-state index contributed by atoms with van der Waals surface area (Å²) in [7, 11) is 0. The number of hydrogen-bond acceptors (Lipinski definition) is 2. The van der Waals surface area contributed by atoms with E-state index in [9.17, 15) is 13.6 Å². The van der Waals surface area contributed by atoms with E-state index in [4.69, 9.17) is 11.6 Å². The zero-order chi connectivity index (χ0) is 10.9. The molecular formula is C7H2BrClF2INO. The molecule has 0 saturated carbocycles. The first-order chi connectivity index (χ1) is 6.43. The molecule has 0 aliphatic carbocycles.